The SMILES string of the molecule is c1ccc(CCCNc2ncc3c(n2)CCc2cnc4[nH]ncc4c2-3)cc1. The quantitative estimate of drug-likeness (QED) is 0.535. The summed E-state index contributed by atoms with van der Waals surface area (Å²) in [5, 5.41) is 11.5. The summed E-state index contributed by atoms with van der Waals surface area (Å²) in [4.78, 5) is 13.8. The number of H-pyrrole nitrogens is 1. The fourth-order valence-electron chi connectivity index (χ4n) is 3.74. The Morgan fingerprint density at radius 3 is 2.85 bits per heavy atom. The van der Waals surface area contributed by atoms with E-state index in [0.29, 0.717) is 5.95 Å². The maximum atomic E-state index is 4.77. The standard InChI is InChI=1S/C21H20N6/c1-2-5-14(6-3-1)7-4-10-22-21-24-12-16-18(26-21)9-8-15-11-23-20-17(19(15)16)13-25-27-20/h1-3,5-6,11-13H,4,7-10H2,(H,22,24,26)(H,23,25,27). The van der Waals surface area contributed by atoms with Crippen LogP contribution in [-0.2, 0) is 19.3 Å². The van der Waals surface area contributed by atoms with Gasteiger partial charge in [-0.3, -0.25) is 5.10 Å². The number of aromatic nitrogens is 5. The minimum absolute atomic E-state index is 0.711. The van der Waals surface area contributed by atoms with Crippen molar-refractivity contribution in [1.29, 1.82) is 0 Å². The van der Waals surface area contributed by atoms with E-state index in [9.17, 15) is 0 Å². The van der Waals surface area contributed by atoms with Gasteiger partial charge in [-0.2, -0.15) is 5.10 Å². The molecule has 0 fully saturated rings. The average molecular weight is 356 g/mol. The fourth-order valence-corrected chi connectivity index (χ4v) is 3.74. The largest absolute Gasteiger partial charge is 0.354 e. The Balaban J connectivity index is 1.33. The molecule has 3 aromatic heterocycles. The van der Waals surface area contributed by atoms with Crippen molar-refractivity contribution in [3.05, 3.63) is 65.7 Å². The van der Waals surface area contributed by atoms with Crippen LogP contribution in [0, 0.1) is 0 Å². The first-order chi connectivity index (χ1) is 13.4. The molecule has 0 atom stereocenters. The summed E-state index contributed by atoms with van der Waals surface area (Å²) < 4.78 is 0. The zero-order chi connectivity index (χ0) is 18.1. The first-order valence-electron chi connectivity index (χ1n) is 9.33. The average Bonchev–Trinajstić information content (AvgIpc) is 3.20. The smallest absolute Gasteiger partial charge is 0.222 e. The number of aryl methyl sites for hydroxylation is 3. The third-order valence-corrected chi connectivity index (χ3v) is 5.10. The maximum absolute atomic E-state index is 4.77. The van der Waals surface area contributed by atoms with Gasteiger partial charge < -0.3 is 5.32 Å². The molecule has 0 unspecified atom stereocenters. The molecule has 27 heavy (non-hydrogen) atoms. The van der Waals surface area contributed by atoms with Crippen LogP contribution in [0.2, 0.25) is 0 Å². The second-order valence-electron chi connectivity index (χ2n) is 6.86. The Morgan fingerprint density at radius 1 is 1.00 bits per heavy atom. The first-order valence-corrected chi connectivity index (χ1v) is 9.33. The highest BCUT2D eigenvalue weighted by molar-refractivity contribution is 5.95. The van der Waals surface area contributed by atoms with Gasteiger partial charge in [0.2, 0.25) is 5.95 Å². The van der Waals surface area contributed by atoms with Gasteiger partial charge in [-0.15, -0.1) is 0 Å². The summed E-state index contributed by atoms with van der Waals surface area (Å²) in [6, 6.07) is 10.5. The summed E-state index contributed by atoms with van der Waals surface area (Å²) in [6.07, 6.45) is 9.68. The number of hydrogen-bond donors (Lipinski definition) is 2. The molecule has 1 aliphatic rings. The van der Waals surface area contributed by atoms with Crippen molar-refractivity contribution in [3.63, 3.8) is 0 Å². The molecule has 0 bridgehead atoms. The van der Waals surface area contributed by atoms with Gasteiger partial charge in [-0.05, 0) is 36.8 Å². The van der Waals surface area contributed by atoms with Crippen LogP contribution in [0.1, 0.15) is 23.2 Å². The summed E-state index contributed by atoms with van der Waals surface area (Å²) in [5.41, 5.74) is 6.77. The molecular weight excluding hydrogens is 336 g/mol. The van der Waals surface area contributed by atoms with E-state index in [-0.39, 0.29) is 0 Å². The Kier molecular flexibility index (Phi) is 4.01. The summed E-state index contributed by atoms with van der Waals surface area (Å²) in [7, 11) is 0. The Hall–Kier alpha value is -3.28. The molecule has 2 N–H and O–H groups in total. The van der Waals surface area contributed by atoms with E-state index >= 15 is 0 Å². The molecule has 1 aliphatic carbocycles. The van der Waals surface area contributed by atoms with Gasteiger partial charge in [0.1, 0.15) is 0 Å². The molecule has 0 saturated heterocycles. The number of rotatable bonds is 5. The van der Waals surface area contributed by atoms with Crippen molar-refractivity contribution in [2.45, 2.75) is 25.7 Å². The number of pyridine rings is 1. The van der Waals surface area contributed by atoms with Crippen molar-refractivity contribution >= 4 is 17.0 Å². The Labute approximate surface area is 157 Å². The summed E-state index contributed by atoms with van der Waals surface area (Å²) in [5.74, 6) is 0.711. The highest BCUT2D eigenvalue weighted by Gasteiger charge is 2.21. The van der Waals surface area contributed by atoms with Crippen LogP contribution in [0.4, 0.5) is 5.95 Å². The topological polar surface area (TPSA) is 79.4 Å². The molecule has 134 valence electrons. The van der Waals surface area contributed by atoms with E-state index < -0.39 is 0 Å². The molecule has 0 saturated carbocycles. The van der Waals surface area contributed by atoms with Gasteiger partial charge >= 0.3 is 0 Å². The molecule has 0 radical (unpaired) electrons. The molecule has 3 heterocycles. The van der Waals surface area contributed by atoms with Gasteiger partial charge in [-0.1, -0.05) is 30.3 Å². The molecule has 6 nitrogen and oxygen atoms in total. The molecule has 0 amide bonds. The minimum Gasteiger partial charge on any atom is -0.354 e. The molecule has 1 aromatic carbocycles. The zero-order valence-corrected chi connectivity index (χ0v) is 14.9. The van der Waals surface area contributed by atoms with E-state index in [0.717, 1.165) is 54.5 Å². The van der Waals surface area contributed by atoms with Gasteiger partial charge in [0.15, 0.2) is 5.65 Å². The normalized spacial score (nSPS) is 12.6. The van der Waals surface area contributed by atoms with Crippen LogP contribution >= 0.6 is 0 Å². The lowest BCUT2D eigenvalue weighted by Gasteiger charge is -2.19. The van der Waals surface area contributed by atoms with Crippen molar-refractivity contribution in [2.24, 2.45) is 0 Å². The lowest BCUT2D eigenvalue weighted by molar-refractivity contribution is 0.839. The van der Waals surface area contributed by atoms with Crippen molar-refractivity contribution in [2.75, 3.05) is 11.9 Å². The third-order valence-electron chi connectivity index (χ3n) is 5.10. The minimum atomic E-state index is 0.711. The second kappa shape index (κ2) is 6.79. The van der Waals surface area contributed by atoms with Crippen molar-refractivity contribution < 1.29 is 0 Å². The molecule has 0 aliphatic heterocycles. The third kappa shape index (κ3) is 3.03. The van der Waals surface area contributed by atoms with E-state index in [2.05, 4.69) is 49.7 Å². The van der Waals surface area contributed by atoms with Crippen molar-refractivity contribution in [1.82, 2.24) is 25.1 Å². The van der Waals surface area contributed by atoms with Crippen LogP contribution in [0.5, 0.6) is 0 Å². The van der Waals surface area contributed by atoms with Gasteiger partial charge in [0.05, 0.1) is 11.9 Å². The highest BCUT2D eigenvalue weighted by Crippen LogP contribution is 2.36. The van der Waals surface area contributed by atoms with Gasteiger partial charge in [0, 0.05) is 35.5 Å². The van der Waals surface area contributed by atoms with Crippen LogP contribution < -0.4 is 5.32 Å². The lowest BCUT2D eigenvalue weighted by atomic mass is 9.89. The van der Waals surface area contributed by atoms with Gasteiger partial charge in [-0.25, -0.2) is 15.0 Å². The van der Waals surface area contributed by atoms with Crippen LogP contribution in [0.15, 0.2) is 48.9 Å². The van der Waals surface area contributed by atoms with Crippen LogP contribution in [0.25, 0.3) is 22.2 Å². The van der Waals surface area contributed by atoms with E-state index in [1.807, 2.05) is 24.7 Å². The van der Waals surface area contributed by atoms with E-state index in [4.69, 9.17) is 4.98 Å². The van der Waals surface area contributed by atoms with E-state index in [1.54, 1.807) is 0 Å². The zero-order valence-electron chi connectivity index (χ0n) is 14.9. The van der Waals surface area contributed by atoms with Crippen molar-refractivity contribution in [3.8, 4) is 11.1 Å². The highest BCUT2D eigenvalue weighted by atomic mass is 15.1. The van der Waals surface area contributed by atoms with Crippen LogP contribution in [0.3, 0.4) is 0 Å². The maximum Gasteiger partial charge on any atom is 0.222 e. The van der Waals surface area contributed by atoms with E-state index in [1.165, 1.54) is 16.7 Å². The number of benzene rings is 1. The first kappa shape index (κ1) is 15.9. The monoisotopic (exact) mass is 356 g/mol. The number of aromatic amines is 1. The number of nitrogens with one attached hydrogen (secondary N) is 2. The fraction of sp³-hybridized carbons (Fsp3) is 0.238. The summed E-state index contributed by atoms with van der Waals surface area (Å²) >= 11 is 0. The number of anilines is 1. The molecular formula is C21H20N6. The predicted octanol–water partition coefficient (Wildman–Crippen LogP) is 3.56. The molecule has 4 aromatic rings. The molecule has 6 heteroatoms. The molecule has 5 rings (SSSR count). The summed E-state index contributed by atoms with van der Waals surface area (Å²) in [6.45, 7) is 0.861. The molecule has 0 spiro atoms. The lowest BCUT2D eigenvalue weighted by Crippen LogP contribution is -2.12. The Morgan fingerprint density at radius 2 is 1.93 bits per heavy atom. The second-order valence-corrected chi connectivity index (χ2v) is 6.86. The number of fused-ring (bicyclic) bond motifs is 5. The Bertz CT molecular complexity index is 1090. The van der Waals surface area contributed by atoms with Crippen LogP contribution in [-0.4, -0.2) is 31.7 Å². The number of nitrogens with zero attached hydrogens (tertiary/aromatic N) is 4. The number of hydrogen-bond acceptors (Lipinski definition) is 5. The van der Waals surface area contributed by atoms with Gasteiger partial charge in [0.25, 0.3) is 0 Å². The predicted molar refractivity (Wildman–Crippen MR) is 106 cm³/mol.